The van der Waals surface area contributed by atoms with E-state index in [9.17, 15) is 14.0 Å². The minimum absolute atomic E-state index is 0.0898. The summed E-state index contributed by atoms with van der Waals surface area (Å²) in [6.45, 7) is 3.38. The minimum atomic E-state index is -0.853. The maximum absolute atomic E-state index is 13.2. The number of carbonyl (C=O) groups excluding carboxylic acids is 2. The Kier molecular flexibility index (Phi) is 6.58. The molecule has 0 aromatic heterocycles. The van der Waals surface area contributed by atoms with Gasteiger partial charge in [0.15, 0.2) is 6.10 Å². The molecule has 0 bridgehead atoms. The average molecular weight is 379 g/mol. The van der Waals surface area contributed by atoms with Crippen LogP contribution in [0.5, 0.6) is 5.75 Å². The van der Waals surface area contributed by atoms with Crippen LogP contribution in [0.15, 0.2) is 42.5 Å². The van der Waals surface area contributed by atoms with Crippen LogP contribution in [-0.2, 0) is 9.59 Å². The van der Waals surface area contributed by atoms with Gasteiger partial charge in [0, 0.05) is 18.8 Å². The summed E-state index contributed by atoms with van der Waals surface area (Å²) in [5, 5.41) is 2.63. The fourth-order valence-corrected chi connectivity index (χ4v) is 2.42. The van der Waals surface area contributed by atoms with E-state index >= 15 is 0 Å². The Bertz CT molecular complexity index is 796. The van der Waals surface area contributed by atoms with E-state index < -0.39 is 11.9 Å². The van der Waals surface area contributed by atoms with Crippen molar-refractivity contribution in [1.29, 1.82) is 0 Å². The van der Waals surface area contributed by atoms with Crippen molar-refractivity contribution < 1.29 is 18.7 Å². The molecule has 2 amide bonds. The van der Waals surface area contributed by atoms with Crippen molar-refractivity contribution >= 4 is 29.1 Å². The van der Waals surface area contributed by atoms with Crippen LogP contribution in [0.3, 0.4) is 0 Å². The first-order chi connectivity index (χ1) is 12.3. The number of halogens is 2. The molecule has 0 aliphatic heterocycles. The zero-order valence-electron chi connectivity index (χ0n) is 14.8. The number of aryl methyl sites for hydroxylation is 1. The van der Waals surface area contributed by atoms with Crippen molar-refractivity contribution in [3.63, 3.8) is 0 Å². The summed E-state index contributed by atoms with van der Waals surface area (Å²) in [4.78, 5) is 25.7. The monoisotopic (exact) mass is 378 g/mol. The number of hydrogen-bond acceptors (Lipinski definition) is 3. The topological polar surface area (TPSA) is 58.6 Å². The predicted octanol–water partition coefficient (Wildman–Crippen LogP) is 3.65. The number of rotatable bonds is 6. The lowest BCUT2D eigenvalue weighted by molar-refractivity contribution is -0.139. The Morgan fingerprint density at radius 2 is 1.88 bits per heavy atom. The molecular formula is C19H20ClFN2O3. The Morgan fingerprint density at radius 3 is 2.50 bits per heavy atom. The van der Waals surface area contributed by atoms with E-state index in [1.807, 2.05) is 19.1 Å². The van der Waals surface area contributed by atoms with Gasteiger partial charge in [-0.2, -0.15) is 0 Å². The summed E-state index contributed by atoms with van der Waals surface area (Å²) in [6.07, 6.45) is -0.853. The smallest absolute Gasteiger partial charge is 0.263 e. The highest BCUT2D eigenvalue weighted by atomic mass is 35.5. The van der Waals surface area contributed by atoms with E-state index in [4.69, 9.17) is 16.3 Å². The number of likely N-dealkylation sites (N-methyl/N-ethyl adjacent to an activating group) is 1. The van der Waals surface area contributed by atoms with Gasteiger partial charge in [0.05, 0.1) is 11.6 Å². The van der Waals surface area contributed by atoms with Gasteiger partial charge in [-0.25, -0.2) is 4.39 Å². The number of nitrogens with zero attached hydrogens (tertiary/aromatic N) is 1. The number of anilines is 1. The summed E-state index contributed by atoms with van der Waals surface area (Å²) < 4.78 is 18.6. The number of ether oxygens (including phenoxy) is 1. The molecule has 2 rings (SSSR count). The summed E-state index contributed by atoms with van der Waals surface area (Å²) in [5.74, 6) is -0.996. The highest BCUT2D eigenvalue weighted by molar-refractivity contribution is 6.30. The SMILES string of the molecule is Cc1ccc(NC(=O)CN(C)C(=O)[C@H](C)Oc2ccc(F)c(Cl)c2)cc1. The Morgan fingerprint density at radius 1 is 1.23 bits per heavy atom. The number of nitrogens with one attached hydrogen (secondary N) is 1. The van der Waals surface area contributed by atoms with E-state index in [1.54, 1.807) is 19.1 Å². The second-order valence-electron chi connectivity index (χ2n) is 5.94. The largest absolute Gasteiger partial charge is 0.481 e. The number of benzene rings is 2. The molecule has 2 aromatic carbocycles. The molecule has 0 saturated carbocycles. The average Bonchev–Trinajstić information content (AvgIpc) is 2.59. The fourth-order valence-electron chi connectivity index (χ4n) is 2.25. The van der Waals surface area contributed by atoms with Gasteiger partial charge in [-0.15, -0.1) is 0 Å². The van der Waals surface area contributed by atoms with Crippen molar-refractivity contribution in [2.24, 2.45) is 0 Å². The number of carbonyl (C=O) groups is 2. The summed E-state index contributed by atoms with van der Waals surface area (Å²) in [7, 11) is 1.51. The van der Waals surface area contributed by atoms with Crippen molar-refractivity contribution in [2.45, 2.75) is 20.0 Å². The lowest BCUT2D eigenvalue weighted by Gasteiger charge is -2.22. The molecular weight excluding hydrogens is 359 g/mol. The molecule has 0 radical (unpaired) electrons. The molecule has 1 atom stereocenters. The van der Waals surface area contributed by atoms with Gasteiger partial charge in [-0.1, -0.05) is 29.3 Å². The van der Waals surface area contributed by atoms with Crippen molar-refractivity contribution in [3.8, 4) is 5.75 Å². The number of amides is 2. The van der Waals surface area contributed by atoms with Crippen LogP contribution in [0.2, 0.25) is 5.02 Å². The standard InChI is InChI=1S/C19H20ClFN2O3/c1-12-4-6-14(7-5-12)22-18(24)11-23(3)19(25)13(2)26-15-8-9-17(21)16(20)10-15/h4-10,13H,11H2,1-3H3,(H,22,24)/t13-/m0/s1. The first-order valence-corrected chi connectivity index (χ1v) is 8.37. The molecule has 0 aliphatic rings. The van der Waals surface area contributed by atoms with Crippen LogP contribution in [-0.4, -0.2) is 36.4 Å². The highest BCUT2D eigenvalue weighted by Crippen LogP contribution is 2.22. The third kappa shape index (κ3) is 5.46. The zero-order valence-corrected chi connectivity index (χ0v) is 15.5. The molecule has 7 heteroatoms. The van der Waals surface area contributed by atoms with Gasteiger partial charge in [-0.3, -0.25) is 9.59 Å². The van der Waals surface area contributed by atoms with Gasteiger partial charge in [-0.05, 0) is 38.1 Å². The lowest BCUT2D eigenvalue weighted by Crippen LogP contribution is -2.42. The maximum atomic E-state index is 13.2. The Labute approximate surface area is 156 Å². The third-order valence-electron chi connectivity index (χ3n) is 3.64. The van der Waals surface area contributed by atoms with Crippen LogP contribution >= 0.6 is 11.6 Å². The highest BCUT2D eigenvalue weighted by Gasteiger charge is 2.21. The predicted molar refractivity (Wildman–Crippen MR) is 98.9 cm³/mol. The first kappa shape index (κ1) is 19.7. The summed E-state index contributed by atoms with van der Waals surface area (Å²) in [5.41, 5.74) is 1.74. The van der Waals surface area contributed by atoms with Crippen molar-refractivity contribution in [1.82, 2.24) is 4.90 Å². The van der Waals surface area contributed by atoms with Crippen LogP contribution in [0.4, 0.5) is 10.1 Å². The first-order valence-electron chi connectivity index (χ1n) is 7.99. The maximum Gasteiger partial charge on any atom is 0.263 e. The van der Waals surface area contributed by atoms with Crippen LogP contribution in [0.25, 0.3) is 0 Å². The quantitative estimate of drug-likeness (QED) is 0.834. The van der Waals surface area contributed by atoms with Gasteiger partial charge in [0.1, 0.15) is 11.6 Å². The minimum Gasteiger partial charge on any atom is -0.481 e. The van der Waals surface area contributed by atoms with E-state index in [2.05, 4.69) is 5.32 Å². The molecule has 138 valence electrons. The molecule has 26 heavy (non-hydrogen) atoms. The Balaban J connectivity index is 1.89. The second-order valence-corrected chi connectivity index (χ2v) is 6.35. The summed E-state index contributed by atoms with van der Waals surface area (Å²) >= 11 is 5.69. The molecule has 0 spiro atoms. The van der Waals surface area contributed by atoms with Gasteiger partial charge in [0.25, 0.3) is 5.91 Å². The molecule has 0 saturated heterocycles. The molecule has 0 aliphatic carbocycles. The molecule has 5 nitrogen and oxygen atoms in total. The molecule has 0 unspecified atom stereocenters. The third-order valence-corrected chi connectivity index (χ3v) is 3.93. The lowest BCUT2D eigenvalue weighted by atomic mass is 10.2. The van der Waals surface area contributed by atoms with E-state index in [-0.39, 0.29) is 29.1 Å². The van der Waals surface area contributed by atoms with Gasteiger partial charge in [0.2, 0.25) is 5.91 Å². The Hall–Kier alpha value is -2.60. The van der Waals surface area contributed by atoms with E-state index in [0.29, 0.717) is 5.69 Å². The molecule has 0 heterocycles. The molecule has 2 aromatic rings. The van der Waals surface area contributed by atoms with Crippen LogP contribution in [0, 0.1) is 12.7 Å². The zero-order chi connectivity index (χ0) is 19.3. The van der Waals surface area contributed by atoms with E-state index in [1.165, 1.54) is 24.1 Å². The van der Waals surface area contributed by atoms with Crippen molar-refractivity contribution in [2.75, 3.05) is 18.9 Å². The summed E-state index contributed by atoms with van der Waals surface area (Å²) in [6, 6.07) is 11.2. The normalized spacial score (nSPS) is 11.6. The fraction of sp³-hybridized carbons (Fsp3) is 0.263. The van der Waals surface area contributed by atoms with Gasteiger partial charge >= 0.3 is 0 Å². The van der Waals surface area contributed by atoms with E-state index in [0.717, 1.165) is 11.6 Å². The second kappa shape index (κ2) is 8.67. The van der Waals surface area contributed by atoms with Crippen LogP contribution < -0.4 is 10.1 Å². The molecule has 0 fully saturated rings. The van der Waals surface area contributed by atoms with Crippen molar-refractivity contribution in [3.05, 3.63) is 58.9 Å². The van der Waals surface area contributed by atoms with Crippen LogP contribution in [0.1, 0.15) is 12.5 Å². The molecule has 1 N–H and O–H groups in total. The van der Waals surface area contributed by atoms with Gasteiger partial charge < -0.3 is 15.0 Å². The number of hydrogen-bond donors (Lipinski definition) is 1.